The molecule has 1 amide bonds. The molecule has 0 saturated carbocycles. The van der Waals surface area contributed by atoms with E-state index < -0.39 is 0 Å². The molecule has 5 nitrogen and oxygen atoms in total. The van der Waals surface area contributed by atoms with Crippen LogP contribution in [-0.4, -0.2) is 52.4 Å². The van der Waals surface area contributed by atoms with Gasteiger partial charge in [0.1, 0.15) is 0 Å². The summed E-state index contributed by atoms with van der Waals surface area (Å²) in [6.07, 6.45) is 3.50. The fourth-order valence-electron chi connectivity index (χ4n) is 3.35. The maximum absolute atomic E-state index is 12.9. The van der Waals surface area contributed by atoms with Gasteiger partial charge in [-0.2, -0.15) is 5.10 Å². The third-order valence-electron chi connectivity index (χ3n) is 4.61. The van der Waals surface area contributed by atoms with E-state index in [-0.39, 0.29) is 11.2 Å². The number of carbonyl (C=O) groups excluding carboxylic acids is 1. The lowest BCUT2D eigenvalue weighted by atomic mass is 10.1. The Morgan fingerprint density at radius 1 is 1.08 bits per heavy atom. The number of hydrogen-bond donors (Lipinski definition) is 0. The van der Waals surface area contributed by atoms with Gasteiger partial charge in [0.2, 0.25) is 5.91 Å². The third kappa shape index (κ3) is 3.11. The number of nitrogens with zero attached hydrogens (tertiary/aromatic N) is 4. The third-order valence-corrected chi connectivity index (χ3v) is 5.92. The van der Waals surface area contributed by atoms with E-state index in [2.05, 4.69) is 33.3 Å². The monoisotopic (exact) mass is 340 g/mol. The number of fused-ring (bicyclic) bond motifs is 1. The Kier molecular flexibility index (Phi) is 4.38. The zero-order valence-electron chi connectivity index (χ0n) is 13.5. The fraction of sp³-hybridized carbons (Fsp3) is 0.389. The van der Waals surface area contributed by atoms with Crippen LogP contribution in [0.5, 0.6) is 0 Å². The summed E-state index contributed by atoms with van der Waals surface area (Å²) in [6, 6.07) is 12.2. The van der Waals surface area contributed by atoms with Crippen molar-refractivity contribution >= 4 is 23.5 Å². The normalized spacial score (nSPS) is 20.6. The standard InChI is InChI=1S/C18H20N4OS/c23-18(16-13-14-5-1-2-6-15(14)24-16)22-10-4-9-21(11-12-22)17-7-3-8-19-20-17/h1-3,5-8,16H,4,9-13H2. The predicted molar refractivity (Wildman–Crippen MR) is 95.2 cm³/mol. The van der Waals surface area contributed by atoms with Crippen LogP contribution in [0.3, 0.4) is 0 Å². The highest BCUT2D eigenvalue weighted by molar-refractivity contribution is 8.01. The quantitative estimate of drug-likeness (QED) is 0.839. The lowest BCUT2D eigenvalue weighted by Gasteiger charge is -2.24. The first-order valence-electron chi connectivity index (χ1n) is 8.37. The Morgan fingerprint density at radius 2 is 2.00 bits per heavy atom. The van der Waals surface area contributed by atoms with Crippen molar-refractivity contribution in [3.63, 3.8) is 0 Å². The molecule has 2 aliphatic rings. The van der Waals surface area contributed by atoms with E-state index in [0.717, 1.165) is 44.8 Å². The van der Waals surface area contributed by atoms with Gasteiger partial charge in [0.25, 0.3) is 0 Å². The van der Waals surface area contributed by atoms with Crippen LogP contribution >= 0.6 is 11.8 Å². The van der Waals surface area contributed by atoms with Gasteiger partial charge in [0.05, 0.1) is 5.25 Å². The van der Waals surface area contributed by atoms with Crippen molar-refractivity contribution in [2.75, 3.05) is 31.1 Å². The van der Waals surface area contributed by atoms with Gasteiger partial charge in [-0.15, -0.1) is 16.9 Å². The van der Waals surface area contributed by atoms with Crippen molar-refractivity contribution < 1.29 is 4.79 Å². The summed E-state index contributed by atoms with van der Waals surface area (Å²) < 4.78 is 0. The molecule has 0 bridgehead atoms. The molecule has 1 unspecified atom stereocenters. The Bertz CT molecular complexity index is 699. The van der Waals surface area contributed by atoms with Gasteiger partial charge in [-0.3, -0.25) is 4.79 Å². The van der Waals surface area contributed by atoms with Crippen LogP contribution in [0.1, 0.15) is 12.0 Å². The van der Waals surface area contributed by atoms with E-state index in [1.165, 1.54) is 10.5 Å². The lowest BCUT2D eigenvalue weighted by Crippen LogP contribution is -2.40. The molecular formula is C18H20N4OS. The number of thioether (sulfide) groups is 1. The fourth-order valence-corrected chi connectivity index (χ4v) is 4.63. The molecular weight excluding hydrogens is 320 g/mol. The summed E-state index contributed by atoms with van der Waals surface area (Å²) in [5.74, 6) is 1.17. The minimum atomic E-state index is 0.0328. The summed E-state index contributed by atoms with van der Waals surface area (Å²) in [6.45, 7) is 3.31. The molecule has 0 aliphatic carbocycles. The molecule has 0 N–H and O–H groups in total. The largest absolute Gasteiger partial charge is 0.353 e. The van der Waals surface area contributed by atoms with Crippen molar-refractivity contribution in [1.82, 2.24) is 15.1 Å². The summed E-state index contributed by atoms with van der Waals surface area (Å²) in [5, 5.41) is 8.17. The molecule has 4 rings (SSSR count). The predicted octanol–water partition coefficient (Wildman–Crippen LogP) is 2.23. The van der Waals surface area contributed by atoms with E-state index in [1.807, 2.05) is 23.1 Å². The first kappa shape index (κ1) is 15.4. The van der Waals surface area contributed by atoms with Gasteiger partial charge in [0, 0.05) is 37.3 Å². The molecule has 2 aliphatic heterocycles. The van der Waals surface area contributed by atoms with Crippen LogP contribution < -0.4 is 4.90 Å². The molecule has 1 atom stereocenters. The highest BCUT2D eigenvalue weighted by Crippen LogP contribution is 2.37. The maximum Gasteiger partial charge on any atom is 0.236 e. The van der Waals surface area contributed by atoms with Crippen LogP contribution in [0, 0.1) is 0 Å². The number of hydrogen-bond acceptors (Lipinski definition) is 5. The first-order chi connectivity index (χ1) is 11.8. The molecule has 124 valence electrons. The molecule has 1 aromatic carbocycles. The minimum Gasteiger partial charge on any atom is -0.353 e. The maximum atomic E-state index is 12.9. The van der Waals surface area contributed by atoms with Crippen LogP contribution in [0.4, 0.5) is 5.82 Å². The van der Waals surface area contributed by atoms with Gasteiger partial charge in [-0.1, -0.05) is 18.2 Å². The Hall–Kier alpha value is -2.08. The van der Waals surface area contributed by atoms with Crippen LogP contribution in [0.15, 0.2) is 47.5 Å². The zero-order valence-corrected chi connectivity index (χ0v) is 14.3. The summed E-state index contributed by atoms with van der Waals surface area (Å²) >= 11 is 1.71. The average Bonchev–Trinajstić information content (AvgIpc) is 2.91. The number of aromatic nitrogens is 2. The van der Waals surface area contributed by atoms with Crippen molar-refractivity contribution in [3.05, 3.63) is 48.2 Å². The molecule has 1 saturated heterocycles. The van der Waals surface area contributed by atoms with Gasteiger partial charge in [0.15, 0.2) is 5.82 Å². The molecule has 6 heteroatoms. The average molecular weight is 340 g/mol. The number of rotatable bonds is 2. The molecule has 24 heavy (non-hydrogen) atoms. The summed E-state index contributed by atoms with van der Waals surface area (Å²) in [7, 11) is 0. The number of anilines is 1. The molecule has 0 radical (unpaired) electrons. The van der Waals surface area contributed by atoms with E-state index in [9.17, 15) is 4.79 Å². The highest BCUT2D eigenvalue weighted by atomic mass is 32.2. The van der Waals surface area contributed by atoms with Gasteiger partial charge in [-0.25, -0.2) is 0 Å². The van der Waals surface area contributed by atoms with Crippen LogP contribution in [-0.2, 0) is 11.2 Å². The SMILES string of the molecule is O=C(C1Cc2ccccc2S1)N1CCCN(c2cccnn2)CC1. The minimum absolute atomic E-state index is 0.0328. The van der Waals surface area contributed by atoms with Crippen LogP contribution in [0.25, 0.3) is 0 Å². The van der Waals surface area contributed by atoms with E-state index >= 15 is 0 Å². The highest BCUT2D eigenvalue weighted by Gasteiger charge is 2.32. The first-order valence-corrected chi connectivity index (χ1v) is 9.25. The second kappa shape index (κ2) is 6.81. The van der Waals surface area contributed by atoms with Gasteiger partial charge in [-0.05, 0) is 36.6 Å². The van der Waals surface area contributed by atoms with Crippen molar-refractivity contribution in [1.29, 1.82) is 0 Å². The Morgan fingerprint density at radius 3 is 2.83 bits per heavy atom. The van der Waals surface area contributed by atoms with Gasteiger partial charge >= 0.3 is 0 Å². The van der Waals surface area contributed by atoms with E-state index in [4.69, 9.17) is 0 Å². The Labute approximate surface area is 146 Å². The van der Waals surface area contributed by atoms with E-state index in [1.54, 1.807) is 18.0 Å². The molecule has 2 aromatic rings. The van der Waals surface area contributed by atoms with Crippen molar-refractivity contribution in [2.45, 2.75) is 23.0 Å². The van der Waals surface area contributed by atoms with Gasteiger partial charge < -0.3 is 9.80 Å². The van der Waals surface area contributed by atoms with Crippen molar-refractivity contribution in [3.8, 4) is 0 Å². The smallest absolute Gasteiger partial charge is 0.236 e. The molecule has 1 aromatic heterocycles. The van der Waals surface area contributed by atoms with Crippen molar-refractivity contribution in [2.24, 2.45) is 0 Å². The number of amides is 1. The molecule has 3 heterocycles. The number of benzene rings is 1. The zero-order chi connectivity index (χ0) is 16.4. The Balaban J connectivity index is 1.40. The van der Waals surface area contributed by atoms with E-state index in [0.29, 0.717) is 0 Å². The lowest BCUT2D eigenvalue weighted by molar-refractivity contribution is -0.130. The second-order valence-corrected chi connectivity index (χ2v) is 7.41. The molecule has 1 fully saturated rings. The summed E-state index contributed by atoms with van der Waals surface area (Å²) in [5.41, 5.74) is 1.30. The topological polar surface area (TPSA) is 49.3 Å². The molecule has 0 spiro atoms. The number of carbonyl (C=O) groups is 1. The van der Waals surface area contributed by atoms with Crippen LogP contribution in [0.2, 0.25) is 0 Å². The summed E-state index contributed by atoms with van der Waals surface area (Å²) in [4.78, 5) is 18.4. The second-order valence-electron chi connectivity index (χ2n) is 6.17.